The van der Waals surface area contributed by atoms with Gasteiger partial charge < -0.3 is 4.74 Å². The molecular formula is C8H4Cl4O2. The molecule has 14 heavy (non-hydrogen) atoms. The first-order valence-corrected chi connectivity index (χ1v) is 4.90. The van der Waals surface area contributed by atoms with Crippen LogP contribution in [-0.2, 0) is 0 Å². The molecule has 0 atom stereocenters. The van der Waals surface area contributed by atoms with Crippen LogP contribution in [0.3, 0.4) is 0 Å². The highest BCUT2D eigenvalue weighted by Gasteiger charge is 2.20. The fourth-order valence-electron chi connectivity index (χ4n) is 0.911. The van der Waals surface area contributed by atoms with E-state index < -0.39 is 0 Å². The Balaban J connectivity index is 3.63. The van der Waals surface area contributed by atoms with Crippen molar-refractivity contribution in [3.63, 3.8) is 0 Å². The fourth-order valence-corrected chi connectivity index (χ4v) is 2.00. The van der Waals surface area contributed by atoms with Crippen LogP contribution in [0.2, 0.25) is 20.1 Å². The Labute approximate surface area is 101 Å². The molecule has 0 saturated carbocycles. The maximum Gasteiger partial charge on any atom is 0.159 e. The topological polar surface area (TPSA) is 26.3 Å². The van der Waals surface area contributed by atoms with Gasteiger partial charge in [-0.3, -0.25) is 4.79 Å². The minimum atomic E-state index is 0.0351. The van der Waals surface area contributed by atoms with E-state index in [1.54, 1.807) is 0 Å². The molecule has 0 aliphatic carbocycles. The molecule has 0 heterocycles. The minimum Gasteiger partial charge on any atom is -0.494 e. The molecule has 76 valence electrons. The van der Waals surface area contributed by atoms with E-state index in [4.69, 9.17) is 51.1 Å². The van der Waals surface area contributed by atoms with E-state index in [0.29, 0.717) is 6.29 Å². The second-order valence-corrected chi connectivity index (χ2v) is 3.83. The quantitative estimate of drug-likeness (QED) is 0.598. The number of carbonyl (C=O) groups excluding carboxylic acids is 1. The van der Waals surface area contributed by atoms with Gasteiger partial charge in [-0.1, -0.05) is 46.4 Å². The van der Waals surface area contributed by atoms with Crippen molar-refractivity contribution < 1.29 is 9.53 Å². The minimum absolute atomic E-state index is 0.0351. The lowest BCUT2D eigenvalue weighted by Crippen LogP contribution is -1.93. The van der Waals surface area contributed by atoms with E-state index in [9.17, 15) is 4.79 Å². The van der Waals surface area contributed by atoms with E-state index in [1.165, 1.54) is 7.11 Å². The van der Waals surface area contributed by atoms with E-state index >= 15 is 0 Å². The molecule has 0 unspecified atom stereocenters. The Kier molecular flexibility index (Phi) is 3.90. The van der Waals surface area contributed by atoms with Gasteiger partial charge >= 0.3 is 0 Å². The molecular weight excluding hydrogens is 270 g/mol. The zero-order chi connectivity index (χ0) is 10.9. The van der Waals surface area contributed by atoms with Gasteiger partial charge in [0.15, 0.2) is 12.0 Å². The largest absolute Gasteiger partial charge is 0.494 e. The van der Waals surface area contributed by atoms with Gasteiger partial charge in [-0.2, -0.15) is 0 Å². The van der Waals surface area contributed by atoms with Crippen molar-refractivity contribution in [1.82, 2.24) is 0 Å². The Morgan fingerprint density at radius 1 is 1.00 bits per heavy atom. The summed E-state index contributed by atoms with van der Waals surface area (Å²) in [4.78, 5) is 10.6. The summed E-state index contributed by atoms with van der Waals surface area (Å²) in [5.41, 5.74) is 0.0594. The number of rotatable bonds is 2. The third-order valence-corrected chi connectivity index (χ3v) is 3.28. The summed E-state index contributed by atoms with van der Waals surface area (Å²) in [5.74, 6) is 0.161. The zero-order valence-corrected chi connectivity index (χ0v) is 9.93. The van der Waals surface area contributed by atoms with Crippen molar-refractivity contribution in [2.75, 3.05) is 7.11 Å². The summed E-state index contributed by atoms with van der Waals surface area (Å²) in [5, 5.41) is 0.220. The standard InChI is InChI=1S/C8H4Cl4O2/c1-14-8-6(11)4(9)3(2-13)5(10)7(8)12/h2H,1H3. The maximum atomic E-state index is 10.6. The van der Waals surface area contributed by atoms with Gasteiger partial charge in [0.25, 0.3) is 0 Å². The average Bonchev–Trinajstić information content (AvgIpc) is 2.17. The van der Waals surface area contributed by atoms with Gasteiger partial charge in [0, 0.05) is 0 Å². The van der Waals surface area contributed by atoms with E-state index in [0.717, 1.165) is 0 Å². The molecule has 0 spiro atoms. The van der Waals surface area contributed by atoms with Gasteiger partial charge in [0.2, 0.25) is 0 Å². The first-order valence-electron chi connectivity index (χ1n) is 3.39. The van der Waals surface area contributed by atoms with Crippen LogP contribution in [0, 0.1) is 0 Å². The molecule has 2 nitrogen and oxygen atoms in total. The van der Waals surface area contributed by atoms with Crippen LogP contribution in [0.5, 0.6) is 5.75 Å². The van der Waals surface area contributed by atoms with Crippen LogP contribution >= 0.6 is 46.4 Å². The first-order chi connectivity index (χ1) is 6.54. The summed E-state index contributed by atoms with van der Waals surface area (Å²) in [6.07, 6.45) is 0.488. The summed E-state index contributed by atoms with van der Waals surface area (Å²) >= 11 is 23.1. The number of carbonyl (C=O) groups is 1. The Bertz CT molecular complexity index is 360. The van der Waals surface area contributed by atoms with E-state index in [-0.39, 0.29) is 31.4 Å². The molecule has 0 radical (unpaired) electrons. The number of methoxy groups -OCH3 is 1. The number of aldehydes is 1. The lowest BCUT2D eigenvalue weighted by atomic mass is 10.2. The van der Waals surface area contributed by atoms with E-state index in [2.05, 4.69) is 0 Å². The van der Waals surface area contributed by atoms with Crippen LogP contribution in [0.4, 0.5) is 0 Å². The molecule has 1 rings (SSSR count). The van der Waals surface area contributed by atoms with Crippen LogP contribution < -0.4 is 4.74 Å². The molecule has 0 aliphatic heterocycles. The van der Waals surface area contributed by atoms with Crippen LogP contribution in [-0.4, -0.2) is 13.4 Å². The molecule has 0 amide bonds. The molecule has 0 saturated heterocycles. The third kappa shape index (κ3) is 1.80. The highest BCUT2D eigenvalue weighted by Crippen LogP contribution is 2.45. The molecule has 0 N–H and O–H groups in total. The number of ether oxygens (including phenoxy) is 1. The summed E-state index contributed by atoms with van der Waals surface area (Å²) < 4.78 is 4.89. The monoisotopic (exact) mass is 272 g/mol. The number of benzene rings is 1. The summed E-state index contributed by atoms with van der Waals surface area (Å²) in [7, 11) is 1.38. The summed E-state index contributed by atoms with van der Waals surface area (Å²) in [6, 6.07) is 0. The van der Waals surface area contributed by atoms with Crippen molar-refractivity contribution in [2.45, 2.75) is 0 Å². The van der Waals surface area contributed by atoms with E-state index in [1.807, 2.05) is 0 Å². The first kappa shape index (κ1) is 11.9. The molecule has 6 heteroatoms. The van der Waals surface area contributed by atoms with Crippen LogP contribution in [0.1, 0.15) is 10.4 Å². The van der Waals surface area contributed by atoms with Gasteiger partial charge in [-0.15, -0.1) is 0 Å². The smallest absolute Gasteiger partial charge is 0.159 e. The van der Waals surface area contributed by atoms with Gasteiger partial charge in [-0.25, -0.2) is 0 Å². The summed E-state index contributed by atoms with van der Waals surface area (Å²) in [6.45, 7) is 0. The van der Waals surface area contributed by atoms with Crippen molar-refractivity contribution in [3.05, 3.63) is 25.7 Å². The SMILES string of the molecule is COc1c(Cl)c(Cl)c(C=O)c(Cl)c1Cl. The lowest BCUT2D eigenvalue weighted by Gasteiger charge is -2.10. The Morgan fingerprint density at radius 2 is 1.43 bits per heavy atom. The maximum absolute atomic E-state index is 10.6. The molecule has 0 aromatic heterocycles. The second kappa shape index (κ2) is 4.58. The van der Waals surface area contributed by atoms with Crippen molar-refractivity contribution in [3.8, 4) is 5.75 Å². The predicted molar refractivity (Wildman–Crippen MR) is 58.4 cm³/mol. The third-order valence-electron chi connectivity index (χ3n) is 1.58. The number of halogens is 4. The second-order valence-electron chi connectivity index (χ2n) is 2.32. The van der Waals surface area contributed by atoms with Crippen LogP contribution in [0.15, 0.2) is 0 Å². The highest BCUT2D eigenvalue weighted by molar-refractivity contribution is 6.51. The number of hydrogen-bond acceptors (Lipinski definition) is 2. The molecule has 0 bridgehead atoms. The molecule has 0 fully saturated rings. The zero-order valence-electron chi connectivity index (χ0n) is 6.91. The predicted octanol–water partition coefficient (Wildman–Crippen LogP) is 4.12. The van der Waals surface area contributed by atoms with Gasteiger partial charge in [0.1, 0.15) is 10.0 Å². The van der Waals surface area contributed by atoms with Gasteiger partial charge in [-0.05, 0) is 0 Å². The molecule has 1 aromatic rings. The fraction of sp³-hybridized carbons (Fsp3) is 0.125. The highest BCUT2D eigenvalue weighted by atomic mass is 35.5. The Morgan fingerprint density at radius 3 is 1.71 bits per heavy atom. The Hall–Kier alpha value is -0.150. The number of hydrogen-bond donors (Lipinski definition) is 0. The molecule has 1 aromatic carbocycles. The normalized spacial score (nSPS) is 10.1. The van der Waals surface area contributed by atoms with Gasteiger partial charge in [0.05, 0.1) is 22.7 Å². The van der Waals surface area contributed by atoms with Crippen molar-refractivity contribution in [2.24, 2.45) is 0 Å². The van der Waals surface area contributed by atoms with Crippen molar-refractivity contribution in [1.29, 1.82) is 0 Å². The van der Waals surface area contributed by atoms with Crippen molar-refractivity contribution >= 4 is 52.7 Å². The molecule has 0 aliphatic rings. The van der Waals surface area contributed by atoms with Crippen LogP contribution in [0.25, 0.3) is 0 Å². The lowest BCUT2D eigenvalue weighted by molar-refractivity contribution is 0.112. The average molecular weight is 274 g/mol.